The molecule has 1 aromatic carbocycles. The zero-order valence-electron chi connectivity index (χ0n) is 12.6. The van der Waals surface area contributed by atoms with Crippen LogP contribution in [0.2, 0.25) is 0 Å². The van der Waals surface area contributed by atoms with Gasteiger partial charge in [0.25, 0.3) is 5.91 Å². The van der Waals surface area contributed by atoms with Crippen LogP contribution in [-0.2, 0) is 4.74 Å². The van der Waals surface area contributed by atoms with Crippen molar-refractivity contribution in [3.05, 3.63) is 42.0 Å². The van der Waals surface area contributed by atoms with Gasteiger partial charge in [-0.25, -0.2) is 4.39 Å². The van der Waals surface area contributed by atoms with Crippen molar-refractivity contribution in [3.8, 4) is 5.69 Å². The average molecular weight is 316 g/mol. The minimum absolute atomic E-state index is 0.109. The SMILES string of the molecule is O=C(c1cnn(-c2ccc(F)cc2)n1)N1CCC2(CCOC2)C1. The Bertz CT molecular complexity index is 722. The Kier molecular flexibility index (Phi) is 3.37. The maximum Gasteiger partial charge on any atom is 0.276 e. The summed E-state index contributed by atoms with van der Waals surface area (Å²) in [5.41, 5.74) is 1.06. The molecule has 0 bridgehead atoms. The number of nitrogens with zero attached hydrogens (tertiary/aromatic N) is 4. The first-order chi connectivity index (χ1) is 11.2. The number of hydrogen-bond donors (Lipinski definition) is 0. The fraction of sp³-hybridized carbons (Fsp3) is 0.438. The zero-order valence-corrected chi connectivity index (χ0v) is 12.6. The lowest BCUT2D eigenvalue weighted by Crippen LogP contribution is -2.32. The van der Waals surface area contributed by atoms with E-state index in [4.69, 9.17) is 4.74 Å². The molecule has 2 aliphatic rings. The molecule has 2 aromatic rings. The second-order valence-corrected chi connectivity index (χ2v) is 6.27. The molecule has 120 valence electrons. The molecule has 2 fully saturated rings. The Morgan fingerprint density at radius 2 is 2.09 bits per heavy atom. The lowest BCUT2D eigenvalue weighted by Gasteiger charge is -2.21. The van der Waals surface area contributed by atoms with E-state index in [1.54, 1.807) is 12.1 Å². The van der Waals surface area contributed by atoms with Gasteiger partial charge in [0.15, 0.2) is 5.69 Å². The maximum atomic E-state index is 13.0. The first-order valence-electron chi connectivity index (χ1n) is 7.71. The van der Waals surface area contributed by atoms with Crippen LogP contribution >= 0.6 is 0 Å². The number of carbonyl (C=O) groups excluding carboxylic acids is 1. The molecule has 0 N–H and O–H groups in total. The number of amides is 1. The van der Waals surface area contributed by atoms with Crippen molar-refractivity contribution in [2.24, 2.45) is 5.41 Å². The van der Waals surface area contributed by atoms with Gasteiger partial charge in [0.05, 0.1) is 18.5 Å². The Morgan fingerprint density at radius 1 is 1.26 bits per heavy atom. The molecule has 2 saturated heterocycles. The van der Waals surface area contributed by atoms with Crippen molar-refractivity contribution in [3.63, 3.8) is 0 Å². The number of likely N-dealkylation sites (tertiary alicyclic amines) is 1. The third-order valence-electron chi connectivity index (χ3n) is 4.68. The van der Waals surface area contributed by atoms with Gasteiger partial charge in [0, 0.05) is 25.1 Å². The number of hydrogen-bond acceptors (Lipinski definition) is 4. The van der Waals surface area contributed by atoms with Gasteiger partial charge in [-0.15, -0.1) is 5.10 Å². The first-order valence-corrected chi connectivity index (χ1v) is 7.71. The third kappa shape index (κ3) is 2.61. The van der Waals surface area contributed by atoms with Crippen molar-refractivity contribution < 1.29 is 13.9 Å². The normalized spacial score (nSPS) is 23.8. The minimum Gasteiger partial charge on any atom is -0.381 e. The van der Waals surface area contributed by atoms with E-state index < -0.39 is 0 Å². The maximum absolute atomic E-state index is 13.0. The molecule has 1 atom stereocenters. The molecule has 1 amide bonds. The Labute approximate surface area is 132 Å². The van der Waals surface area contributed by atoms with Gasteiger partial charge in [-0.05, 0) is 37.1 Å². The second kappa shape index (κ2) is 5.42. The van der Waals surface area contributed by atoms with Crippen molar-refractivity contribution in [2.45, 2.75) is 12.8 Å². The summed E-state index contributed by atoms with van der Waals surface area (Å²) in [4.78, 5) is 15.8. The first kappa shape index (κ1) is 14.3. The van der Waals surface area contributed by atoms with Crippen molar-refractivity contribution in [1.82, 2.24) is 19.9 Å². The summed E-state index contributed by atoms with van der Waals surface area (Å²) in [6.07, 6.45) is 3.45. The van der Waals surface area contributed by atoms with Gasteiger partial charge in [-0.3, -0.25) is 4.79 Å². The van der Waals surface area contributed by atoms with Crippen LogP contribution in [0.4, 0.5) is 4.39 Å². The van der Waals surface area contributed by atoms with Crippen LogP contribution in [0.25, 0.3) is 5.69 Å². The monoisotopic (exact) mass is 316 g/mol. The Morgan fingerprint density at radius 3 is 2.83 bits per heavy atom. The van der Waals surface area contributed by atoms with Gasteiger partial charge < -0.3 is 9.64 Å². The van der Waals surface area contributed by atoms with E-state index in [9.17, 15) is 9.18 Å². The molecule has 3 heterocycles. The highest BCUT2D eigenvalue weighted by molar-refractivity contribution is 5.92. The molecule has 6 nitrogen and oxygen atoms in total. The zero-order chi connectivity index (χ0) is 15.9. The minimum atomic E-state index is -0.321. The van der Waals surface area contributed by atoms with E-state index in [1.165, 1.54) is 23.1 Å². The van der Waals surface area contributed by atoms with Gasteiger partial charge in [-0.1, -0.05) is 0 Å². The molecular formula is C16H17FN4O2. The Balaban J connectivity index is 1.50. The molecule has 0 aliphatic carbocycles. The van der Waals surface area contributed by atoms with Crippen LogP contribution in [0.5, 0.6) is 0 Å². The van der Waals surface area contributed by atoms with E-state index in [0.29, 0.717) is 11.4 Å². The smallest absolute Gasteiger partial charge is 0.276 e. The highest BCUT2D eigenvalue weighted by Gasteiger charge is 2.43. The molecule has 0 saturated carbocycles. The number of halogens is 1. The molecule has 1 aromatic heterocycles. The van der Waals surface area contributed by atoms with Crippen LogP contribution in [0, 0.1) is 11.2 Å². The molecule has 4 rings (SSSR count). The summed E-state index contributed by atoms with van der Waals surface area (Å²) in [6, 6.07) is 5.82. The van der Waals surface area contributed by atoms with Crippen LogP contribution in [0.15, 0.2) is 30.5 Å². The second-order valence-electron chi connectivity index (χ2n) is 6.27. The number of rotatable bonds is 2. The van der Waals surface area contributed by atoms with Gasteiger partial charge in [-0.2, -0.15) is 9.90 Å². The Hall–Kier alpha value is -2.28. The predicted octanol–water partition coefficient (Wildman–Crippen LogP) is 1.66. The summed E-state index contributed by atoms with van der Waals surface area (Å²) in [5, 5.41) is 8.34. The summed E-state index contributed by atoms with van der Waals surface area (Å²) in [5.74, 6) is -0.430. The predicted molar refractivity (Wildman–Crippen MR) is 79.7 cm³/mol. The van der Waals surface area contributed by atoms with Crippen molar-refractivity contribution in [1.29, 1.82) is 0 Å². The highest BCUT2D eigenvalue weighted by atomic mass is 19.1. The fourth-order valence-electron chi connectivity index (χ4n) is 3.30. The summed E-state index contributed by atoms with van der Waals surface area (Å²) >= 11 is 0. The molecule has 2 aliphatic heterocycles. The number of aromatic nitrogens is 3. The third-order valence-corrected chi connectivity index (χ3v) is 4.68. The fourth-order valence-corrected chi connectivity index (χ4v) is 3.30. The topological polar surface area (TPSA) is 60.2 Å². The van der Waals surface area contributed by atoms with Crippen LogP contribution in [0.1, 0.15) is 23.3 Å². The van der Waals surface area contributed by atoms with E-state index in [1.807, 2.05) is 4.90 Å². The van der Waals surface area contributed by atoms with Crippen LogP contribution in [0.3, 0.4) is 0 Å². The molecule has 7 heteroatoms. The number of benzene rings is 1. The standard InChI is InChI=1S/C16H17FN4O2/c17-12-1-3-13(4-2-12)21-18-9-14(19-21)15(22)20-7-5-16(10-20)6-8-23-11-16/h1-4,9H,5-8,10-11H2. The van der Waals surface area contributed by atoms with Crippen LogP contribution in [-0.4, -0.2) is 52.1 Å². The summed E-state index contributed by atoms with van der Waals surface area (Å²) < 4.78 is 18.5. The van der Waals surface area contributed by atoms with E-state index in [0.717, 1.165) is 39.1 Å². The van der Waals surface area contributed by atoms with Crippen LogP contribution < -0.4 is 0 Å². The average Bonchev–Trinajstić information content (AvgIpc) is 3.30. The van der Waals surface area contributed by atoms with E-state index in [2.05, 4.69) is 10.2 Å². The molecule has 1 unspecified atom stereocenters. The molecule has 1 spiro atoms. The molecular weight excluding hydrogens is 299 g/mol. The van der Waals surface area contributed by atoms with Crippen molar-refractivity contribution >= 4 is 5.91 Å². The van der Waals surface area contributed by atoms with E-state index in [-0.39, 0.29) is 17.1 Å². The number of ether oxygens (including phenoxy) is 1. The lowest BCUT2D eigenvalue weighted by molar-refractivity contribution is 0.0759. The van der Waals surface area contributed by atoms with E-state index >= 15 is 0 Å². The van der Waals surface area contributed by atoms with Gasteiger partial charge in [0.1, 0.15) is 5.82 Å². The van der Waals surface area contributed by atoms with Gasteiger partial charge in [0.2, 0.25) is 0 Å². The lowest BCUT2D eigenvalue weighted by atomic mass is 9.87. The molecule has 0 radical (unpaired) electrons. The summed E-state index contributed by atoms with van der Waals surface area (Å²) in [7, 11) is 0. The quantitative estimate of drug-likeness (QED) is 0.845. The largest absolute Gasteiger partial charge is 0.381 e. The van der Waals surface area contributed by atoms with Crippen molar-refractivity contribution in [2.75, 3.05) is 26.3 Å². The highest BCUT2D eigenvalue weighted by Crippen LogP contribution is 2.38. The number of carbonyl (C=O) groups is 1. The van der Waals surface area contributed by atoms with Gasteiger partial charge >= 0.3 is 0 Å². The summed E-state index contributed by atoms with van der Waals surface area (Å²) in [6.45, 7) is 2.96. The molecule has 23 heavy (non-hydrogen) atoms.